The van der Waals surface area contributed by atoms with Crippen LogP contribution in [0, 0.1) is 5.41 Å². The number of rotatable bonds is 8. The van der Waals surface area contributed by atoms with Crippen LogP contribution < -0.4 is 15.8 Å². The third-order valence-corrected chi connectivity index (χ3v) is 2.80. The molecular formula is C14H22N2O3. The lowest BCUT2D eigenvalue weighted by atomic mass is 9.93. The number of carbonyl (C=O) groups excluding carboxylic acids is 1. The highest BCUT2D eigenvalue weighted by molar-refractivity contribution is 5.80. The first-order chi connectivity index (χ1) is 8.92. The molecule has 1 atom stereocenters. The van der Waals surface area contributed by atoms with Gasteiger partial charge >= 0.3 is 0 Å². The number of carbonyl (C=O) groups is 1. The van der Waals surface area contributed by atoms with Crippen LogP contribution >= 0.6 is 0 Å². The zero-order valence-electron chi connectivity index (χ0n) is 11.4. The van der Waals surface area contributed by atoms with Gasteiger partial charge < -0.3 is 20.9 Å². The van der Waals surface area contributed by atoms with Crippen molar-refractivity contribution in [2.24, 2.45) is 11.1 Å². The number of amides is 1. The van der Waals surface area contributed by atoms with Crippen molar-refractivity contribution in [1.82, 2.24) is 5.32 Å². The number of nitrogens with two attached hydrogens (primary N) is 1. The largest absolute Gasteiger partial charge is 0.491 e. The molecule has 0 aliphatic rings. The molecule has 1 amide bonds. The lowest BCUT2D eigenvalue weighted by Gasteiger charge is -2.22. The molecule has 4 N–H and O–H groups in total. The number of para-hydroxylation sites is 1. The molecule has 0 aliphatic carbocycles. The SMILES string of the molecule is CC(C)(CNCC(O)COc1ccccc1)C(N)=O. The van der Waals surface area contributed by atoms with Crippen LogP contribution in [0.15, 0.2) is 30.3 Å². The van der Waals surface area contributed by atoms with E-state index in [9.17, 15) is 9.90 Å². The maximum absolute atomic E-state index is 11.1. The Morgan fingerprint density at radius 2 is 2.05 bits per heavy atom. The maximum Gasteiger partial charge on any atom is 0.224 e. The Labute approximate surface area is 113 Å². The van der Waals surface area contributed by atoms with Crippen molar-refractivity contribution in [2.45, 2.75) is 20.0 Å². The van der Waals surface area contributed by atoms with E-state index in [0.29, 0.717) is 13.1 Å². The third kappa shape index (κ3) is 5.72. The van der Waals surface area contributed by atoms with E-state index in [1.54, 1.807) is 13.8 Å². The van der Waals surface area contributed by atoms with Crippen LogP contribution in [0.3, 0.4) is 0 Å². The number of aliphatic hydroxyl groups is 1. The quantitative estimate of drug-likeness (QED) is 0.640. The van der Waals surface area contributed by atoms with Gasteiger partial charge in [-0.15, -0.1) is 0 Å². The van der Waals surface area contributed by atoms with Gasteiger partial charge in [0.05, 0.1) is 5.41 Å². The molecule has 0 radical (unpaired) electrons. The van der Waals surface area contributed by atoms with Gasteiger partial charge in [0, 0.05) is 13.1 Å². The average molecular weight is 266 g/mol. The molecule has 0 heterocycles. The number of ether oxygens (including phenoxy) is 1. The summed E-state index contributed by atoms with van der Waals surface area (Å²) in [5.74, 6) is 0.356. The van der Waals surface area contributed by atoms with Gasteiger partial charge in [0.15, 0.2) is 0 Å². The van der Waals surface area contributed by atoms with E-state index in [1.165, 1.54) is 0 Å². The van der Waals surface area contributed by atoms with Crippen LogP contribution in [0.25, 0.3) is 0 Å². The number of hydrogen-bond acceptors (Lipinski definition) is 4. The molecule has 1 aromatic carbocycles. The van der Waals surface area contributed by atoms with Gasteiger partial charge in [0.25, 0.3) is 0 Å². The predicted molar refractivity (Wildman–Crippen MR) is 73.8 cm³/mol. The van der Waals surface area contributed by atoms with Crippen LogP contribution in [0.2, 0.25) is 0 Å². The Bertz CT molecular complexity index is 393. The van der Waals surface area contributed by atoms with Gasteiger partial charge in [-0.3, -0.25) is 4.79 Å². The first-order valence-electron chi connectivity index (χ1n) is 6.28. The molecular weight excluding hydrogens is 244 g/mol. The number of nitrogens with one attached hydrogen (secondary N) is 1. The molecule has 0 aromatic heterocycles. The molecule has 1 rings (SSSR count). The normalized spacial score (nSPS) is 13.0. The van der Waals surface area contributed by atoms with Crippen molar-refractivity contribution in [3.05, 3.63) is 30.3 Å². The lowest BCUT2D eigenvalue weighted by Crippen LogP contribution is -2.43. The van der Waals surface area contributed by atoms with Gasteiger partial charge in [-0.25, -0.2) is 0 Å². The molecule has 0 saturated heterocycles. The van der Waals surface area contributed by atoms with Crippen LogP contribution in [-0.4, -0.2) is 36.8 Å². The summed E-state index contributed by atoms with van der Waals surface area (Å²) in [6.45, 7) is 4.49. The molecule has 0 saturated carbocycles. The molecule has 106 valence electrons. The summed E-state index contributed by atoms with van der Waals surface area (Å²) in [5, 5.41) is 12.8. The number of primary amides is 1. The minimum atomic E-state index is -0.635. The standard InChI is InChI=1S/C14H22N2O3/c1-14(2,13(15)18)10-16-8-11(17)9-19-12-6-4-3-5-7-12/h3-7,11,16-17H,8-10H2,1-2H3,(H2,15,18). The second-order valence-corrected chi connectivity index (χ2v) is 5.16. The van der Waals surface area contributed by atoms with Crippen LogP contribution in [-0.2, 0) is 4.79 Å². The fraction of sp³-hybridized carbons (Fsp3) is 0.500. The minimum absolute atomic E-state index is 0.202. The summed E-state index contributed by atoms with van der Waals surface area (Å²) in [6, 6.07) is 9.30. The minimum Gasteiger partial charge on any atom is -0.491 e. The van der Waals surface area contributed by atoms with Crippen molar-refractivity contribution in [1.29, 1.82) is 0 Å². The second-order valence-electron chi connectivity index (χ2n) is 5.16. The molecule has 0 spiro atoms. The van der Waals surface area contributed by atoms with Gasteiger partial charge in [-0.05, 0) is 26.0 Å². The Morgan fingerprint density at radius 1 is 1.42 bits per heavy atom. The van der Waals surface area contributed by atoms with Crippen molar-refractivity contribution in [3.63, 3.8) is 0 Å². The third-order valence-electron chi connectivity index (χ3n) is 2.80. The highest BCUT2D eigenvalue weighted by Crippen LogP contribution is 2.12. The molecule has 0 bridgehead atoms. The van der Waals surface area contributed by atoms with E-state index in [1.807, 2.05) is 30.3 Å². The maximum atomic E-state index is 11.1. The van der Waals surface area contributed by atoms with Crippen LogP contribution in [0.5, 0.6) is 5.75 Å². The van der Waals surface area contributed by atoms with Gasteiger partial charge in [0.1, 0.15) is 18.5 Å². The molecule has 1 aromatic rings. The van der Waals surface area contributed by atoms with Crippen LogP contribution in [0.4, 0.5) is 0 Å². The topological polar surface area (TPSA) is 84.6 Å². The Kier molecular flexibility index (Phi) is 5.79. The van der Waals surface area contributed by atoms with Crippen LogP contribution in [0.1, 0.15) is 13.8 Å². The van der Waals surface area contributed by atoms with Gasteiger partial charge in [-0.1, -0.05) is 18.2 Å². The predicted octanol–water partition coefficient (Wildman–Crippen LogP) is 0.527. The van der Waals surface area contributed by atoms with E-state index in [-0.39, 0.29) is 12.5 Å². The van der Waals surface area contributed by atoms with Crippen molar-refractivity contribution >= 4 is 5.91 Å². The van der Waals surface area contributed by atoms with Crippen molar-refractivity contribution in [3.8, 4) is 5.75 Å². The van der Waals surface area contributed by atoms with E-state index in [2.05, 4.69) is 5.32 Å². The highest BCUT2D eigenvalue weighted by atomic mass is 16.5. The summed E-state index contributed by atoms with van der Waals surface area (Å²) < 4.78 is 5.42. The number of aliphatic hydroxyl groups excluding tert-OH is 1. The number of hydrogen-bond donors (Lipinski definition) is 3. The average Bonchev–Trinajstić information content (AvgIpc) is 2.37. The zero-order valence-corrected chi connectivity index (χ0v) is 11.4. The molecule has 0 aliphatic heterocycles. The fourth-order valence-corrected chi connectivity index (χ4v) is 1.41. The Hall–Kier alpha value is -1.59. The molecule has 19 heavy (non-hydrogen) atoms. The summed E-state index contributed by atoms with van der Waals surface area (Å²) in [6.07, 6.45) is -0.635. The van der Waals surface area contributed by atoms with E-state index >= 15 is 0 Å². The van der Waals surface area contributed by atoms with Crippen molar-refractivity contribution in [2.75, 3.05) is 19.7 Å². The first kappa shape index (κ1) is 15.5. The van der Waals surface area contributed by atoms with E-state index in [4.69, 9.17) is 10.5 Å². The number of benzene rings is 1. The molecule has 5 nitrogen and oxygen atoms in total. The Balaban J connectivity index is 2.22. The molecule has 0 fully saturated rings. The second kappa shape index (κ2) is 7.11. The molecule has 1 unspecified atom stereocenters. The monoisotopic (exact) mass is 266 g/mol. The smallest absolute Gasteiger partial charge is 0.224 e. The summed E-state index contributed by atoms with van der Waals surface area (Å²) in [4.78, 5) is 11.1. The summed E-state index contributed by atoms with van der Waals surface area (Å²) in [5.41, 5.74) is 4.63. The van der Waals surface area contributed by atoms with Gasteiger partial charge in [0.2, 0.25) is 5.91 Å². The lowest BCUT2D eigenvalue weighted by molar-refractivity contribution is -0.125. The summed E-state index contributed by atoms with van der Waals surface area (Å²) in [7, 11) is 0. The van der Waals surface area contributed by atoms with E-state index in [0.717, 1.165) is 5.75 Å². The fourth-order valence-electron chi connectivity index (χ4n) is 1.41. The highest BCUT2D eigenvalue weighted by Gasteiger charge is 2.24. The molecule has 5 heteroatoms. The Morgan fingerprint density at radius 3 is 2.63 bits per heavy atom. The van der Waals surface area contributed by atoms with Crippen molar-refractivity contribution < 1.29 is 14.6 Å². The summed E-state index contributed by atoms with van der Waals surface area (Å²) >= 11 is 0. The van der Waals surface area contributed by atoms with E-state index < -0.39 is 11.5 Å². The first-order valence-corrected chi connectivity index (χ1v) is 6.28. The van der Waals surface area contributed by atoms with Gasteiger partial charge in [-0.2, -0.15) is 0 Å². The zero-order chi connectivity index (χ0) is 14.3.